The first-order chi connectivity index (χ1) is 3.93. The number of halogens is 2. The molecule has 0 N–H and O–H groups in total. The largest absolute Gasteiger partial charge is 0.290 e. The number of hydrogen-bond acceptors (Lipinski definition) is 1. The molecule has 0 spiro atoms. The van der Waals surface area contributed by atoms with Crippen LogP contribution in [0.5, 0.6) is 0 Å². The molecule has 0 amide bonds. The second-order valence-electron chi connectivity index (χ2n) is 2.30. The quantitative estimate of drug-likeness (QED) is 0.430. The van der Waals surface area contributed by atoms with Crippen LogP contribution in [-0.2, 0) is 0 Å². The lowest BCUT2D eigenvalue weighted by Crippen LogP contribution is -2.28. The third-order valence-corrected chi connectivity index (χ3v) is 1.96. The Morgan fingerprint density at radius 1 is 1.11 bits per heavy atom. The Morgan fingerprint density at radius 2 is 1.67 bits per heavy atom. The van der Waals surface area contributed by atoms with E-state index in [-0.39, 0.29) is 12.4 Å². The molecule has 0 unspecified atom stereocenters. The van der Waals surface area contributed by atoms with Gasteiger partial charge < -0.3 is 0 Å². The van der Waals surface area contributed by atoms with Crippen LogP contribution in [0.25, 0.3) is 0 Å². The van der Waals surface area contributed by atoms with E-state index < -0.39 is 0 Å². The zero-order valence-corrected chi connectivity index (χ0v) is 7.05. The molecular weight excluding hydrogens is 157 g/mol. The van der Waals surface area contributed by atoms with Gasteiger partial charge in [0.2, 0.25) is 0 Å². The van der Waals surface area contributed by atoms with Crippen molar-refractivity contribution in [1.82, 2.24) is 4.90 Å². The Labute approximate surface area is 67.8 Å². The summed E-state index contributed by atoms with van der Waals surface area (Å²) in [5.41, 5.74) is 0. The molecule has 1 aliphatic heterocycles. The zero-order valence-electron chi connectivity index (χ0n) is 5.48. The Bertz CT molecular complexity index is 62.1. The third kappa shape index (κ3) is 3.29. The average Bonchev–Trinajstić information content (AvgIpc) is 1.90. The van der Waals surface area contributed by atoms with Crippen molar-refractivity contribution in [3.8, 4) is 0 Å². The first-order valence-electron chi connectivity index (χ1n) is 3.22. The molecule has 0 radical (unpaired) electrons. The predicted molar refractivity (Wildman–Crippen MR) is 43.4 cm³/mol. The minimum Gasteiger partial charge on any atom is -0.290 e. The summed E-state index contributed by atoms with van der Waals surface area (Å²) in [6.45, 7) is 2.42. The molecule has 9 heavy (non-hydrogen) atoms. The summed E-state index contributed by atoms with van der Waals surface area (Å²) in [5.74, 6) is 0. The molecule has 1 fully saturated rings. The van der Waals surface area contributed by atoms with Gasteiger partial charge in [-0.15, -0.1) is 24.0 Å². The highest BCUT2D eigenvalue weighted by molar-refractivity contribution is 6.17. The minimum absolute atomic E-state index is 0. The van der Waals surface area contributed by atoms with Crippen molar-refractivity contribution in [3.05, 3.63) is 0 Å². The van der Waals surface area contributed by atoms with E-state index in [1.165, 1.54) is 32.4 Å². The highest BCUT2D eigenvalue weighted by Crippen LogP contribution is 2.07. The second-order valence-corrected chi connectivity index (χ2v) is 2.54. The highest BCUT2D eigenvalue weighted by Gasteiger charge is 2.06. The smallest absolute Gasteiger partial charge is 0.0738 e. The molecule has 0 atom stereocenters. The van der Waals surface area contributed by atoms with E-state index in [1.807, 2.05) is 0 Å². The van der Waals surface area contributed by atoms with Crippen LogP contribution in [0, 0.1) is 0 Å². The Morgan fingerprint density at radius 3 is 2.00 bits per heavy atom. The molecule has 0 aromatic rings. The molecule has 1 nitrogen and oxygen atoms in total. The monoisotopic (exact) mass is 169 g/mol. The third-order valence-electron chi connectivity index (χ3n) is 1.62. The fourth-order valence-corrected chi connectivity index (χ4v) is 1.32. The second kappa shape index (κ2) is 5.33. The van der Waals surface area contributed by atoms with Gasteiger partial charge >= 0.3 is 0 Å². The van der Waals surface area contributed by atoms with Crippen molar-refractivity contribution in [2.75, 3.05) is 19.1 Å². The summed E-state index contributed by atoms with van der Waals surface area (Å²) in [6.07, 6.45) is 4.08. The molecule has 1 heterocycles. The maximum absolute atomic E-state index is 5.61. The fourth-order valence-electron chi connectivity index (χ4n) is 1.08. The van der Waals surface area contributed by atoms with Gasteiger partial charge in [-0.1, -0.05) is 6.42 Å². The van der Waals surface area contributed by atoms with Crippen LogP contribution in [0.4, 0.5) is 0 Å². The van der Waals surface area contributed by atoms with Crippen LogP contribution < -0.4 is 0 Å². The zero-order chi connectivity index (χ0) is 5.82. The van der Waals surface area contributed by atoms with E-state index in [1.54, 1.807) is 0 Å². The number of nitrogens with zero attached hydrogens (tertiary/aromatic N) is 1. The van der Waals surface area contributed by atoms with E-state index in [0.717, 1.165) is 6.00 Å². The van der Waals surface area contributed by atoms with E-state index in [0.29, 0.717) is 0 Å². The van der Waals surface area contributed by atoms with Crippen molar-refractivity contribution < 1.29 is 0 Å². The van der Waals surface area contributed by atoms with Gasteiger partial charge in [-0.05, 0) is 25.9 Å². The number of likely N-dealkylation sites (tertiary alicyclic amines) is 1. The van der Waals surface area contributed by atoms with Gasteiger partial charge in [0.25, 0.3) is 0 Å². The van der Waals surface area contributed by atoms with Crippen LogP contribution in [-0.4, -0.2) is 24.0 Å². The van der Waals surface area contributed by atoms with E-state index in [4.69, 9.17) is 11.6 Å². The van der Waals surface area contributed by atoms with E-state index >= 15 is 0 Å². The van der Waals surface area contributed by atoms with Gasteiger partial charge in [0.05, 0.1) is 6.00 Å². The Hall–Kier alpha value is 0.540. The first-order valence-corrected chi connectivity index (χ1v) is 3.75. The van der Waals surface area contributed by atoms with Crippen LogP contribution >= 0.6 is 24.0 Å². The minimum atomic E-state index is 0. The van der Waals surface area contributed by atoms with Crippen molar-refractivity contribution in [2.24, 2.45) is 0 Å². The van der Waals surface area contributed by atoms with Crippen LogP contribution in [0.15, 0.2) is 0 Å². The average molecular weight is 170 g/mol. The van der Waals surface area contributed by atoms with Crippen LogP contribution in [0.1, 0.15) is 19.3 Å². The van der Waals surface area contributed by atoms with Crippen LogP contribution in [0.2, 0.25) is 0 Å². The molecule has 1 rings (SSSR count). The van der Waals surface area contributed by atoms with Crippen LogP contribution in [0.3, 0.4) is 0 Å². The maximum atomic E-state index is 5.61. The van der Waals surface area contributed by atoms with Gasteiger partial charge in [0.15, 0.2) is 0 Å². The van der Waals surface area contributed by atoms with Gasteiger partial charge in [-0.3, -0.25) is 4.90 Å². The lowest BCUT2D eigenvalue weighted by atomic mass is 10.1. The molecule has 3 heteroatoms. The Kier molecular flexibility index (Phi) is 5.65. The van der Waals surface area contributed by atoms with Gasteiger partial charge in [-0.2, -0.15) is 0 Å². The normalized spacial score (nSPS) is 21.0. The molecule has 0 bridgehead atoms. The molecule has 1 saturated heterocycles. The molecular formula is C6H13Cl2N. The number of piperidine rings is 1. The predicted octanol–water partition coefficient (Wildman–Crippen LogP) is 2.09. The summed E-state index contributed by atoms with van der Waals surface area (Å²) >= 11 is 5.61. The lowest BCUT2D eigenvalue weighted by Gasteiger charge is -2.23. The van der Waals surface area contributed by atoms with Crippen molar-refractivity contribution >= 4 is 24.0 Å². The standard InChI is InChI=1S/C6H12ClN.ClH/c7-6-8-4-2-1-3-5-8;/h1-6H2;1H. The summed E-state index contributed by atoms with van der Waals surface area (Å²) in [5, 5.41) is 0. The summed E-state index contributed by atoms with van der Waals surface area (Å²) < 4.78 is 0. The number of rotatable bonds is 1. The van der Waals surface area contributed by atoms with Crippen molar-refractivity contribution in [3.63, 3.8) is 0 Å². The van der Waals surface area contributed by atoms with Crippen molar-refractivity contribution in [1.29, 1.82) is 0 Å². The Balaban J connectivity index is 0.000000640. The van der Waals surface area contributed by atoms with E-state index in [2.05, 4.69) is 4.90 Å². The summed E-state index contributed by atoms with van der Waals surface area (Å²) in [4.78, 5) is 2.28. The molecule has 1 aliphatic rings. The molecule has 56 valence electrons. The maximum Gasteiger partial charge on any atom is 0.0738 e. The van der Waals surface area contributed by atoms with Crippen molar-refractivity contribution in [2.45, 2.75) is 19.3 Å². The topological polar surface area (TPSA) is 3.24 Å². The van der Waals surface area contributed by atoms with Gasteiger partial charge in [-0.25, -0.2) is 0 Å². The molecule has 0 aromatic carbocycles. The number of hydrogen-bond donors (Lipinski definition) is 0. The molecule has 0 aromatic heterocycles. The first kappa shape index (κ1) is 9.54. The lowest BCUT2D eigenvalue weighted by molar-refractivity contribution is 0.264. The highest BCUT2D eigenvalue weighted by atomic mass is 35.5. The molecule has 0 saturated carbocycles. The number of alkyl halides is 1. The van der Waals surface area contributed by atoms with E-state index in [9.17, 15) is 0 Å². The molecule has 0 aliphatic carbocycles. The summed E-state index contributed by atoms with van der Waals surface area (Å²) in [7, 11) is 0. The van der Waals surface area contributed by atoms with Gasteiger partial charge in [0.1, 0.15) is 0 Å². The fraction of sp³-hybridized carbons (Fsp3) is 1.00. The summed E-state index contributed by atoms with van der Waals surface area (Å²) in [6, 6.07) is 0.722. The van der Waals surface area contributed by atoms with Gasteiger partial charge in [0, 0.05) is 0 Å². The SMILES string of the molecule is Cl.ClCN1CCCCC1.